The molecule has 0 fully saturated rings. The summed E-state index contributed by atoms with van der Waals surface area (Å²) >= 11 is 0. The van der Waals surface area contributed by atoms with Gasteiger partial charge in [0.2, 0.25) is 6.79 Å². The topological polar surface area (TPSA) is 85.6 Å². The van der Waals surface area contributed by atoms with Gasteiger partial charge in [0.25, 0.3) is 0 Å². The molecule has 4 rings (SSSR count). The standard InChI is InChI=1S/C19H20N6O2/c1-20-19(23-10-14-2-3-16-17(8-14)27-13-26-16)24-11-15-4-5-22-18(9-15)25-7-6-21-12-25/h2-9,12H,10-11,13H2,1H3,(H2,20,23,24). The van der Waals surface area contributed by atoms with E-state index >= 15 is 0 Å². The van der Waals surface area contributed by atoms with Crippen LogP contribution in [0.15, 0.2) is 60.2 Å². The van der Waals surface area contributed by atoms with E-state index in [4.69, 9.17) is 9.47 Å². The van der Waals surface area contributed by atoms with Crippen molar-refractivity contribution in [1.29, 1.82) is 0 Å². The summed E-state index contributed by atoms with van der Waals surface area (Å²) in [6.45, 7) is 1.54. The van der Waals surface area contributed by atoms with Crippen molar-refractivity contribution in [3.63, 3.8) is 0 Å². The molecule has 2 aromatic heterocycles. The molecule has 138 valence electrons. The fraction of sp³-hybridized carbons (Fsp3) is 0.211. The maximum Gasteiger partial charge on any atom is 0.231 e. The molecule has 27 heavy (non-hydrogen) atoms. The number of imidazole rings is 1. The van der Waals surface area contributed by atoms with Gasteiger partial charge in [-0.15, -0.1) is 0 Å². The molecule has 1 aliphatic heterocycles. The van der Waals surface area contributed by atoms with Crippen molar-refractivity contribution in [2.24, 2.45) is 4.99 Å². The molecule has 8 nitrogen and oxygen atoms in total. The summed E-state index contributed by atoms with van der Waals surface area (Å²) < 4.78 is 12.6. The lowest BCUT2D eigenvalue weighted by Crippen LogP contribution is -2.36. The normalized spacial score (nSPS) is 12.9. The summed E-state index contributed by atoms with van der Waals surface area (Å²) in [6, 6.07) is 9.89. The predicted molar refractivity (Wildman–Crippen MR) is 101 cm³/mol. The van der Waals surface area contributed by atoms with E-state index in [2.05, 4.69) is 25.6 Å². The molecular formula is C19H20N6O2. The highest BCUT2D eigenvalue weighted by atomic mass is 16.7. The van der Waals surface area contributed by atoms with Crippen molar-refractivity contribution in [2.45, 2.75) is 13.1 Å². The molecule has 0 atom stereocenters. The van der Waals surface area contributed by atoms with Crippen molar-refractivity contribution in [3.05, 3.63) is 66.4 Å². The average molecular weight is 364 g/mol. The van der Waals surface area contributed by atoms with Crippen LogP contribution in [0.5, 0.6) is 11.5 Å². The summed E-state index contributed by atoms with van der Waals surface area (Å²) in [6.07, 6.45) is 7.11. The molecule has 0 aliphatic carbocycles. The quantitative estimate of drug-likeness (QED) is 0.531. The van der Waals surface area contributed by atoms with Crippen molar-refractivity contribution in [3.8, 4) is 17.3 Å². The number of fused-ring (bicyclic) bond motifs is 1. The lowest BCUT2D eigenvalue weighted by Gasteiger charge is -2.13. The maximum absolute atomic E-state index is 5.41. The Morgan fingerprint density at radius 1 is 1.07 bits per heavy atom. The van der Waals surface area contributed by atoms with Gasteiger partial charge in [-0.3, -0.25) is 9.56 Å². The Hall–Kier alpha value is -3.55. The maximum atomic E-state index is 5.41. The van der Waals surface area contributed by atoms with E-state index in [-0.39, 0.29) is 6.79 Å². The second-order valence-electron chi connectivity index (χ2n) is 5.96. The van der Waals surface area contributed by atoms with Crippen LogP contribution in [0.1, 0.15) is 11.1 Å². The Balaban J connectivity index is 1.34. The van der Waals surface area contributed by atoms with Crippen molar-refractivity contribution in [1.82, 2.24) is 25.2 Å². The molecule has 1 aromatic carbocycles. The minimum Gasteiger partial charge on any atom is -0.454 e. The van der Waals surface area contributed by atoms with Gasteiger partial charge in [-0.05, 0) is 35.4 Å². The highest BCUT2D eigenvalue weighted by Gasteiger charge is 2.13. The number of nitrogens with one attached hydrogen (secondary N) is 2. The zero-order chi connectivity index (χ0) is 18.5. The first-order valence-corrected chi connectivity index (χ1v) is 8.58. The number of guanidine groups is 1. The van der Waals surface area contributed by atoms with Crippen LogP contribution < -0.4 is 20.1 Å². The minimum atomic E-state index is 0.280. The zero-order valence-electron chi connectivity index (χ0n) is 14.9. The van der Waals surface area contributed by atoms with Gasteiger partial charge in [0, 0.05) is 38.7 Å². The number of hydrogen-bond donors (Lipinski definition) is 2. The van der Waals surface area contributed by atoms with Crippen molar-refractivity contribution >= 4 is 5.96 Å². The molecule has 0 bridgehead atoms. The molecule has 3 aromatic rings. The zero-order valence-corrected chi connectivity index (χ0v) is 14.9. The number of benzene rings is 1. The lowest BCUT2D eigenvalue weighted by molar-refractivity contribution is 0.174. The summed E-state index contributed by atoms with van der Waals surface area (Å²) in [5, 5.41) is 6.61. The summed E-state index contributed by atoms with van der Waals surface area (Å²) in [5.41, 5.74) is 2.19. The second kappa shape index (κ2) is 7.77. The summed E-state index contributed by atoms with van der Waals surface area (Å²) in [7, 11) is 1.75. The number of nitrogens with zero attached hydrogens (tertiary/aromatic N) is 4. The van der Waals surface area contributed by atoms with Crippen LogP contribution in [0.2, 0.25) is 0 Å². The van der Waals surface area contributed by atoms with Crippen molar-refractivity contribution < 1.29 is 9.47 Å². The van der Waals surface area contributed by atoms with Crippen molar-refractivity contribution in [2.75, 3.05) is 13.8 Å². The SMILES string of the molecule is CN=C(NCc1ccnc(-n2ccnc2)c1)NCc1ccc2c(c1)OCO2. The third-order valence-electron chi connectivity index (χ3n) is 4.16. The van der Waals surface area contributed by atoms with Crippen LogP contribution in [0, 0.1) is 0 Å². The number of aromatic nitrogens is 3. The molecule has 0 spiro atoms. The third-order valence-corrected chi connectivity index (χ3v) is 4.16. The van der Waals surface area contributed by atoms with Gasteiger partial charge in [-0.25, -0.2) is 9.97 Å². The van der Waals surface area contributed by atoms with Gasteiger partial charge in [0.15, 0.2) is 17.5 Å². The Bertz CT molecular complexity index is 939. The predicted octanol–water partition coefficient (Wildman–Crippen LogP) is 1.86. The largest absolute Gasteiger partial charge is 0.454 e. The number of aliphatic imine (C=N–C) groups is 1. The van der Waals surface area contributed by atoms with Crippen LogP contribution in [0.25, 0.3) is 5.82 Å². The highest BCUT2D eigenvalue weighted by molar-refractivity contribution is 5.79. The minimum absolute atomic E-state index is 0.280. The summed E-state index contributed by atoms with van der Waals surface area (Å²) in [5.74, 6) is 3.11. The molecule has 0 unspecified atom stereocenters. The monoisotopic (exact) mass is 364 g/mol. The number of pyridine rings is 1. The Morgan fingerprint density at radius 2 is 1.89 bits per heavy atom. The van der Waals surface area contributed by atoms with Gasteiger partial charge < -0.3 is 20.1 Å². The smallest absolute Gasteiger partial charge is 0.231 e. The Morgan fingerprint density at radius 3 is 2.67 bits per heavy atom. The molecule has 2 N–H and O–H groups in total. The average Bonchev–Trinajstić information content (AvgIpc) is 3.40. The van der Waals surface area contributed by atoms with Gasteiger partial charge in [-0.2, -0.15) is 0 Å². The molecule has 0 radical (unpaired) electrons. The third kappa shape index (κ3) is 4.00. The first kappa shape index (κ1) is 16.9. The van der Waals surface area contributed by atoms with Gasteiger partial charge >= 0.3 is 0 Å². The van der Waals surface area contributed by atoms with E-state index in [1.54, 1.807) is 25.8 Å². The van der Waals surface area contributed by atoms with E-state index in [1.807, 2.05) is 41.1 Å². The first-order chi connectivity index (χ1) is 13.3. The van der Waals surface area contributed by atoms with Crippen LogP contribution in [-0.2, 0) is 13.1 Å². The van der Waals surface area contributed by atoms with E-state index in [0.29, 0.717) is 19.0 Å². The van der Waals surface area contributed by atoms with Gasteiger partial charge in [-0.1, -0.05) is 6.07 Å². The van der Waals surface area contributed by atoms with Crippen LogP contribution >= 0.6 is 0 Å². The molecule has 0 amide bonds. The summed E-state index contributed by atoms with van der Waals surface area (Å²) in [4.78, 5) is 12.7. The molecule has 0 saturated heterocycles. The number of ether oxygens (including phenoxy) is 2. The second-order valence-corrected chi connectivity index (χ2v) is 5.96. The molecule has 8 heteroatoms. The van der Waals surface area contributed by atoms with E-state index in [9.17, 15) is 0 Å². The Kier molecular flexibility index (Phi) is 4.86. The first-order valence-electron chi connectivity index (χ1n) is 8.58. The van der Waals surface area contributed by atoms with Gasteiger partial charge in [0.1, 0.15) is 12.1 Å². The number of hydrogen-bond acceptors (Lipinski definition) is 5. The lowest BCUT2D eigenvalue weighted by atomic mass is 10.2. The van der Waals surface area contributed by atoms with E-state index in [1.165, 1.54) is 0 Å². The van der Waals surface area contributed by atoms with Crippen LogP contribution in [-0.4, -0.2) is 34.3 Å². The molecule has 1 aliphatic rings. The van der Waals surface area contributed by atoms with E-state index < -0.39 is 0 Å². The van der Waals surface area contributed by atoms with E-state index in [0.717, 1.165) is 28.4 Å². The van der Waals surface area contributed by atoms with Crippen LogP contribution in [0.4, 0.5) is 0 Å². The Labute approximate surface area is 156 Å². The molecular weight excluding hydrogens is 344 g/mol. The fourth-order valence-corrected chi connectivity index (χ4v) is 2.75. The molecule has 0 saturated carbocycles. The van der Waals surface area contributed by atoms with Gasteiger partial charge in [0.05, 0.1) is 0 Å². The highest BCUT2D eigenvalue weighted by Crippen LogP contribution is 2.32. The van der Waals surface area contributed by atoms with Crippen LogP contribution in [0.3, 0.4) is 0 Å². The fourth-order valence-electron chi connectivity index (χ4n) is 2.75. The number of rotatable bonds is 5. The molecule has 3 heterocycles.